The molecule has 1 aliphatic rings. The van der Waals surface area contributed by atoms with Gasteiger partial charge in [0.2, 0.25) is 0 Å². The van der Waals surface area contributed by atoms with Crippen LogP contribution >= 0.6 is 23.2 Å². The minimum atomic E-state index is 0.412. The van der Waals surface area contributed by atoms with Crippen molar-refractivity contribution in [3.8, 4) is 0 Å². The van der Waals surface area contributed by atoms with Crippen LogP contribution in [0.3, 0.4) is 0 Å². The second kappa shape index (κ2) is 6.63. The Hall–Kier alpha value is -0.240. The van der Waals surface area contributed by atoms with Gasteiger partial charge in [-0.3, -0.25) is 0 Å². The average Bonchev–Trinajstić information content (AvgIpc) is 2.34. The number of hydrogen-bond acceptors (Lipinski definition) is 1. The van der Waals surface area contributed by atoms with E-state index in [0.717, 1.165) is 24.0 Å². The summed E-state index contributed by atoms with van der Waals surface area (Å²) < 4.78 is 0. The highest BCUT2D eigenvalue weighted by atomic mass is 35.5. The zero-order chi connectivity index (χ0) is 12.1. The minimum Gasteiger partial charge on any atom is -0.312 e. The monoisotopic (exact) mass is 271 g/mol. The van der Waals surface area contributed by atoms with E-state index in [2.05, 4.69) is 11.4 Å². The summed E-state index contributed by atoms with van der Waals surface area (Å²) in [5, 5.41) is 4.76. The van der Waals surface area contributed by atoms with Gasteiger partial charge in [0.05, 0.1) is 0 Å². The van der Waals surface area contributed by atoms with Gasteiger partial charge in [0, 0.05) is 16.9 Å². The van der Waals surface area contributed by atoms with Gasteiger partial charge < -0.3 is 5.32 Å². The van der Waals surface area contributed by atoms with Crippen molar-refractivity contribution in [1.82, 2.24) is 5.32 Å². The summed E-state index contributed by atoms with van der Waals surface area (Å²) in [7, 11) is 0. The third-order valence-corrected chi connectivity index (χ3v) is 4.29. The molecule has 3 heteroatoms. The standard InChI is InChI=1S/C14H19Cl2N/c15-13-7-5-11(6-8-13)9-17-10-12-3-1-2-4-14(12)16/h1-4,11,13,17H,5-10H2. The molecule has 17 heavy (non-hydrogen) atoms. The molecule has 1 aromatic rings. The number of alkyl halides is 1. The Labute approximate surface area is 114 Å². The van der Waals surface area contributed by atoms with E-state index in [0.29, 0.717) is 5.38 Å². The lowest BCUT2D eigenvalue weighted by Gasteiger charge is -2.25. The first kappa shape index (κ1) is 13.2. The summed E-state index contributed by atoms with van der Waals surface area (Å²) in [6.45, 7) is 1.94. The van der Waals surface area contributed by atoms with E-state index >= 15 is 0 Å². The van der Waals surface area contributed by atoms with Crippen molar-refractivity contribution in [3.05, 3.63) is 34.9 Å². The van der Waals surface area contributed by atoms with Crippen LogP contribution in [0.4, 0.5) is 0 Å². The largest absolute Gasteiger partial charge is 0.312 e. The zero-order valence-corrected chi connectivity index (χ0v) is 11.5. The van der Waals surface area contributed by atoms with Crippen molar-refractivity contribution in [1.29, 1.82) is 0 Å². The number of halogens is 2. The second-order valence-electron chi connectivity index (χ2n) is 4.84. The Morgan fingerprint density at radius 2 is 1.82 bits per heavy atom. The molecular formula is C14H19Cl2N. The van der Waals surface area contributed by atoms with Crippen molar-refractivity contribution in [3.63, 3.8) is 0 Å². The van der Waals surface area contributed by atoms with Crippen LogP contribution in [0.5, 0.6) is 0 Å². The van der Waals surface area contributed by atoms with Crippen molar-refractivity contribution < 1.29 is 0 Å². The maximum absolute atomic E-state index is 6.11. The third-order valence-electron chi connectivity index (χ3n) is 3.48. The topological polar surface area (TPSA) is 12.0 Å². The number of hydrogen-bond donors (Lipinski definition) is 1. The van der Waals surface area contributed by atoms with Crippen LogP contribution in [-0.2, 0) is 6.54 Å². The van der Waals surface area contributed by atoms with E-state index in [1.807, 2.05) is 18.2 Å². The molecule has 0 saturated heterocycles. The quantitative estimate of drug-likeness (QED) is 0.809. The number of rotatable bonds is 4. The third kappa shape index (κ3) is 4.17. The molecule has 2 rings (SSSR count). The summed E-state index contributed by atoms with van der Waals surface area (Å²) in [6, 6.07) is 8.01. The lowest BCUT2D eigenvalue weighted by molar-refractivity contribution is 0.345. The summed E-state index contributed by atoms with van der Waals surface area (Å²) in [5.41, 5.74) is 1.18. The lowest BCUT2D eigenvalue weighted by Crippen LogP contribution is -2.26. The first-order valence-corrected chi connectivity index (χ1v) is 7.15. The molecule has 0 aromatic heterocycles. The fourth-order valence-electron chi connectivity index (χ4n) is 2.38. The van der Waals surface area contributed by atoms with E-state index in [-0.39, 0.29) is 0 Å². The van der Waals surface area contributed by atoms with Gasteiger partial charge in [-0.1, -0.05) is 29.8 Å². The molecule has 0 spiro atoms. The second-order valence-corrected chi connectivity index (χ2v) is 5.86. The van der Waals surface area contributed by atoms with Crippen LogP contribution in [0.2, 0.25) is 5.02 Å². The fourth-order valence-corrected chi connectivity index (χ4v) is 2.83. The number of benzene rings is 1. The summed E-state index contributed by atoms with van der Waals surface area (Å²) >= 11 is 12.2. The molecule has 0 radical (unpaired) electrons. The summed E-state index contributed by atoms with van der Waals surface area (Å²) in [4.78, 5) is 0. The smallest absolute Gasteiger partial charge is 0.0450 e. The van der Waals surface area contributed by atoms with Crippen LogP contribution in [-0.4, -0.2) is 11.9 Å². The van der Waals surface area contributed by atoms with Crippen molar-refractivity contribution in [2.45, 2.75) is 37.6 Å². The van der Waals surface area contributed by atoms with Crippen LogP contribution in [0.25, 0.3) is 0 Å². The molecule has 94 valence electrons. The van der Waals surface area contributed by atoms with E-state index < -0.39 is 0 Å². The normalized spacial score (nSPS) is 24.8. The van der Waals surface area contributed by atoms with Gasteiger partial charge in [-0.05, 0) is 49.8 Å². The Kier molecular flexibility index (Phi) is 5.15. The SMILES string of the molecule is Clc1ccccc1CNCC1CCC(Cl)CC1. The Morgan fingerprint density at radius 3 is 2.53 bits per heavy atom. The zero-order valence-electron chi connectivity index (χ0n) is 9.96. The molecule has 1 saturated carbocycles. The van der Waals surface area contributed by atoms with Crippen LogP contribution in [0.1, 0.15) is 31.2 Å². The van der Waals surface area contributed by atoms with Gasteiger partial charge in [-0.25, -0.2) is 0 Å². The molecule has 1 N–H and O–H groups in total. The van der Waals surface area contributed by atoms with Gasteiger partial charge in [0.15, 0.2) is 0 Å². The highest BCUT2D eigenvalue weighted by Crippen LogP contribution is 2.27. The first-order chi connectivity index (χ1) is 8.25. The molecule has 1 nitrogen and oxygen atoms in total. The van der Waals surface area contributed by atoms with Crippen molar-refractivity contribution in [2.24, 2.45) is 5.92 Å². The molecule has 1 aliphatic carbocycles. The predicted octanol–water partition coefficient (Wildman–Crippen LogP) is 4.23. The Balaban J connectivity index is 1.71. The lowest BCUT2D eigenvalue weighted by atomic mass is 9.89. The minimum absolute atomic E-state index is 0.412. The van der Waals surface area contributed by atoms with Gasteiger partial charge >= 0.3 is 0 Å². The molecule has 0 atom stereocenters. The summed E-state index contributed by atoms with van der Waals surface area (Å²) in [5.74, 6) is 0.785. The molecule has 0 heterocycles. The van der Waals surface area contributed by atoms with E-state index in [4.69, 9.17) is 23.2 Å². The summed E-state index contributed by atoms with van der Waals surface area (Å²) in [6.07, 6.45) is 4.84. The highest BCUT2D eigenvalue weighted by Gasteiger charge is 2.18. The Morgan fingerprint density at radius 1 is 1.12 bits per heavy atom. The molecule has 0 bridgehead atoms. The van der Waals surface area contributed by atoms with E-state index in [9.17, 15) is 0 Å². The van der Waals surface area contributed by atoms with E-state index in [1.54, 1.807) is 0 Å². The van der Waals surface area contributed by atoms with Crippen LogP contribution in [0.15, 0.2) is 24.3 Å². The van der Waals surface area contributed by atoms with Crippen LogP contribution in [0, 0.1) is 5.92 Å². The molecule has 0 unspecified atom stereocenters. The average molecular weight is 272 g/mol. The maximum Gasteiger partial charge on any atom is 0.0450 e. The van der Waals surface area contributed by atoms with E-state index in [1.165, 1.54) is 31.2 Å². The molecule has 0 amide bonds. The number of nitrogens with one attached hydrogen (secondary N) is 1. The van der Waals surface area contributed by atoms with Gasteiger partial charge in [0.1, 0.15) is 0 Å². The highest BCUT2D eigenvalue weighted by molar-refractivity contribution is 6.31. The first-order valence-electron chi connectivity index (χ1n) is 6.34. The van der Waals surface area contributed by atoms with Crippen molar-refractivity contribution >= 4 is 23.2 Å². The fraction of sp³-hybridized carbons (Fsp3) is 0.571. The molecular weight excluding hydrogens is 253 g/mol. The van der Waals surface area contributed by atoms with Crippen LogP contribution < -0.4 is 5.32 Å². The maximum atomic E-state index is 6.11. The predicted molar refractivity (Wildman–Crippen MR) is 74.8 cm³/mol. The molecule has 1 aromatic carbocycles. The van der Waals surface area contributed by atoms with Crippen molar-refractivity contribution in [2.75, 3.05) is 6.54 Å². The molecule has 1 fully saturated rings. The van der Waals surface area contributed by atoms with Gasteiger partial charge in [-0.15, -0.1) is 11.6 Å². The Bertz CT molecular complexity index is 346. The van der Waals surface area contributed by atoms with Gasteiger partial charge in [0.25, 0.3) is 0 Å². The molecule has 0 aliphatic heterocycles. The van der Waals surface area contributed by atoms with Gasteiger partial charge in [-0.2, -0.15) is 0 Å².